The predicted molar refractivity (Wildman–Crippen MR) is 149 cm³/mol. The largest absolute Gasteiger partial charge is 0.494 e. The van der Waals surface area contributed by atoms with Gasteiger partial charge in [-0.1, -0.05) is 13.8 Å². The van der Waals surface area contributed by atoms with Crippen molar-refractivity contribution < 1.29 is 50.2 Å². The molecule has 0 bridgehead atoms. The second kappa shape index (κ2) is 14.5. The highest BCUT2D eigenvalue weighted by Crippen LogP contribution is 2.33. The van der Waals surface area contributed by atoms with Crippen molar-refractivity contribution in [3.63, 3.8) is 0 Å². The molecule has 0 saturated carbocycles. The van der Waals surface area contributed by atoms with Crippen molar-refractivity contribution in [3.05, 3.63) is 59.4 Å². The molecule has 2 heterocycles. The number of carbonyl (C=O) groups excluding carboxylic acids is 1. The second-order valence-electron chi connectivity index (χ2n) is 11.5. The number of carboxylic acids is 1. The van der Waals surface area contributed by atoms with Gasteiger partial charge in [-0.05, 0) is 73.7 Å². The number of likely N-dealkylation sites (tertiary alicyclic amines) is 1. The van der Waals surface area contributed by atoms with Crippen molar-refractivity contribution in [1.29, 1.82) is 0 Å². The standard InChI is InChI=1S/C28H35F4N3O2.C2HF3O2/c1-27(2)11-3-12-33(20-27)13-4-18-37-23-8-6-22(7-9-23)34-14-16-35(17-15-34)26(36)24-10-5-21(29)19-25(24)28(30,31)32;3-2(4,5)1(6)7/h5-10,19H,3-4,11-18,20H2,1-2H3;(H,6,7). The van der Waals surface area contributed by atoms with Crippen LogP contribution in [0.5, 0.6) is 5.75 Å². The first-order chi connectivity index (χ1) is 20.5. The number of nitrogens with zero attached hydrogens (tertiary/aromatic N) is 3. The van der Waals surface area contributed by atoms with E-state index in [1.165, 1.54) is 17.7 Å². The minimum Gasteiger partial charge on any atom is -0.494 e. The molecule has 2 aliphatic rings. The summed E-state index contributed by atoms with van der Waals surface area (Å²) in [5, 5.41) is 7.12. The summed E-state index contributed by atoms with van der Waals surface area (Å²) in [4.78, 5) is 27.7. The Hall–Kier alpha value is -3.55. The average molecular weight is 636 g/mol. The van der Waals surface area contributed by atoms with Crippen LogP contribution in [0.25, 0.3) is 0 Å². The molecule has 44 heavy (non-hydrogen) atoms. The Bertz CT molecular complexity index is 1260. The topological polar surface area (TPSA) is 73.3 Å². The van der Waals surface area contributed by atoms with E-state index in [1.807, 2.05) is 24.3 Å². The molecule has 2 aromatic rings. The number of halogens is 7. The quantitative estimate of drug-likeness (QED) is 0.283. The number of alkyl halides is 6. The summed E-state index contributed by atoms with van der Waals surface area (Å²) in [5.74, 6) is -3.71. The van der Waals surface area contributed by atoms with Crippen molar-refractivity contribution in [2.45, 2.75) is 45.5 Å². The Morgan fingerprint density at radius 2 is 1.55 bits per heavy atom. The molecule has 4 rings (SSSR count). The molecule has 2 aromatic carbocycles. The Balaban J connectivity index is 0.000000676. The third kappa shape index (κ3) is 10.3. The third-order valence-corrected chi connectivity index (χ3v) is 7.40. The van der Waals surface area contributed by atoms with E-state index in [1.54, 1.807) is 0 Å². The van der Waals surface area contributed by atoms with Crippen LogP contribution in [0.2, 0.25) is 0 Å². The van der Waals surface area contributed by atoms with Gasteiger partial charge in [0.2, 0.25) is 0 Å². The average Bonchev–Trinajstić information content (AvgIpc) is 2.94. The van der Waals surface area contributed by atoms with Crippen molar-refractivity contribution in [2.75, 3.05) is 57.3 Å². The van der Waals surface area contributed by atoms with Gasteiger partial charge in [-0.3, -0.25) is 4.79 Å². The maximum Gasteiger partial charge on any atom is 0.490 e. The number of carboxylic acid groups (broad SMARTS) is 1. The molecular formula is C30H36F7N3O4. The van der Waals surface area contributed by atoms with Crippen LogP contribution < -0.4 is 9.64 Å². The number of hydrogen-bond acceptors (Lipinski definition) is 5. The molecule has 2 aliphatic heterocycles. The van der Waals surface area contributed by atoms with Gasteiger partial charge in [-0.2, -0.15) is 26.3 Å². The fourth-order valence-corrected chi connectivity index (χ4v) is 5.24. The van der Waals surface area contributed by atoms with Gasteiger partial charge >= 0.3 is 18.3 Å². The highest BCUT2D eigenvalue weighted by atomic mass is 19.4. The first-order valence-corrected chi connectivity index (χ1v) is 14.1. The lowest BCUT2D eigenvalue weighted by Crippen LogP contribution is -2.49. The SMILES string of the molecule is CC1(C)CCCN(CCCOc2ccc(N3CCN(C(=O)c4ccc(F)cc4C(F)(F)F)CC3)cc2)C1.O=C(O)C(F)(F)F. The molecule has 0 aromatic heterocycles. The zero-order valence-corrected chi connectivity index (χ0v) is 24.5. The number of piperazine rings is 1. The molecule has 0 atom stereocenters. The molecule has 1 N–H and O–H groups in total. The van der Waals surface area contributed by atoms with Crippen LogP contribution in [0, 0.1) is 11.2 Å². The molecule has 244 valence electrons. The second-order valence-corrected chi connectivity index (χ2v) is 11.5. The van der Waals surface area contributed by atoms with E-state index >= 15 is 0 Å². The number of anilines is 1. The molecular weight excluding hydrogens is 599 g/mol. The summed E-state index contributed by atoms with van der Waals surface area (Å²) in [6, 6.07) is 9.94. The highest BCUT2D eigenvalue weighted by Gasteiger charge is 2.38. The van der Waals surface area contributed by atoms with Gasteiger partial charge in [-0.25, -0.2) is 9.18 Å². The molecule has 2 fully saturated rings. The fourth-order valence-electron chi connectivity index (χ4n) is 5.24. The minimum absolute atomic E-state index is 0.277. The molecule has 2 saturated heterocycles. The number of amides is 1. The molecule has 0 unspecified atom stereocenters. The number of rotatable bonds is 7. The van der Waals surface area contributed by atoms with E-state index in [0.29, 0.717) is 31.2 Å². The van der Waals surface area contributed by atoms with Gasteiger partial charge in [0.25, 0.3) is 5.91 Å². The summed E-state index contributed by atoms with van der Waals surface area (Å²) in [5.41, 5.74) is -0.406. The molecule has 7 nitrogen and oxygen atoms in total. The van der Waals surface area contributed by atoms with Gasteiger partial charge in [0.05, 0.1) is 17.7 Å². The summed E-state index contributed by atoms with van der Waals surface area (Å²) >= 11 is 0. The summed E-state index contributed by atoms with van der Waals surface area (Å²) in [7, 11) is 0. The van der Waals surface area contributed by atoms with E-state index < -0.39 is 41.2 Å². The monoisotopic (exact) mass is 635 g/mol. The van der Waals surface area contributed by atoms with E-state index in [2.05, 4.69) is 23.6 Å². The number of benzene rings is 2. The van der Waals surface area contributed by atoms with Crippen LogP contribution in [0.1, 0.15) is 49.0 Å². The normalized spacial score (nSPS) is 17.5. The van der Waals surface area contributed by atoms with E-state index in [9.17, 15) is 35.5 Å². The molecule has 14 heteroatoms. The Morgan fingerprint density at radius 3 is 2.09 bits per heavy atom. The third-order valence-electron chi connectivity index (χ3n) is 7.40. The summed E-state index contributed by atoms with van der Waals surface area (Å²) in [6.45, 7) is 10.2. The zero-order valence-electron chi connectivity index (χ0n) is 24.5. The van der Waals surface area contributed by atoms with Crippen LogP contribution >= 0.6 is 0 Å². The molecule has 0 aliphatic carbocycles. The van der Waals surface area contributed by atoms with Crippen molar-refractivity contribution >= 4 is 17.6 Å². The maximum atomic E-state index is 13.4. The number of piperidine rings is 1. The zero-order chi connectivity index (χ0) is 32.7. The number of aliphatic carboxylic acids is 1. The number of carbonyl (C=O) groups is 2. The molecule has 1 amide bonds. The van der Waals surface area contributed by atoms with Gasteiger partial charge < -0.3 is 24.5 Å². The lowest BCUT2D eigenvalue weighted by atomic mass is 9.84. The predicted octanol–water partition coefficient (Wildman–Crippen LogP) is 6.33. The van der Waals surface area contributed by atoms with Crippen LogP contribution in [-0.2, 0) is 11.0 Å². The summed E-state index contributed by atoms with van der Waals surface area (Å²) < 4.78 is 91.0. The van der Waals surface area contributed by atoms with Crippen molar-refractivity contribution in [2.24, 2.45) is 5.41 Å². The van der Waals surface area contributed by atoms with Crippen LogP contribution in [0.15, 0.2) is 42.5 Å². The van der Waals surface area contributed by atoms with Gasteiger partial charge in [0.1, 0.15) is 11.6 Å². The number of ether oxygens (including phenoxy) is 1. The fraction of sp³-hybridized carbons (Fsp3) is 0.533. The van der Waals surface area contributed by atoms with Crippen LogP contribution in [0.4, 0.5) is 36.4 Å². The number of hydrogen-bond donors (Lipinski definition) is 1. The molecule has 0 spiro atoms. The lowest BCUT2D eigenvalue weighted by Gasteiger charge is -2.38. The van der Waals surface area contributed by atoms with Crippen molar-refractivity contribution in [3.8, 4) is 5.75 Å². The first-order valence-electron chi connectivity index (χ1n) is 14.1. The van der Waals surface area contributed by atoms with Crippen LogP contribution in [0.3, 0.4) is 0 Å². The Morgan fingerprint density at radius 1 is 0.932 bits per heavy atom. The highest BCUT2D eigenvalue weighted by molar-refractivity contribution is 5.96. The van der Waals surface area contributed by atoms with Crippen LogP contribution in [-0.4, -0.2) is 85.4 Å². The Kier molecular flexibility index (Phi) is 11.5. The minimum atomic E-state index is -5.08. The first kappa shape index (κ1) is 34.9. The van der Waals surface area contributed by atoms with E-state index in [-0.39, 0.29) is 13.1 Å². The van der Waals surface area contributed by atoms with E-state index in [0.717, 1.165) is 49.6 Å². The lowest BCUT2D eigenvalue weighted by molar-refractivity contribution is -0.192. The van der Waals surface area contributed by atoms with E-state index in [4.69, 9.17) is 14.6 Å². The van der Waals surface area contributed by atoms with Gasteiger partial charge in [0, 0.05) is 45.0 Å². The maximum absolute atomic E-state index is 13.4. The van der Waals surface area contributed by atoms with Gasteiger partial charge in [0.15, 0.2) is 0 Å². The van der Waals surface area contributed by atoms with Crippen molar-refractivity contribution in [1.82, 2.24) is 9.80 Å². The van der Waals surface area contributed by atoms with Gasteiger partial charge in [-0.15, -0.1) is 0 Å². The molecule has 0 radical (unpaired) electrons. The smallest absolute Gasteiger partial charge is 0.490 e. The Labute approximate surface area is 251 Å². The summed E-state index contributed by atoms with van der Waals surface area (Å²) in [6.07, 6.45) is -6.38.